The van der Waals surface area contributed by atoms with E-state index in [2.05, 4.69) is 0 Å². The van der Waals surface area contributed by atoms with E-state index < -0.39 is 0 Å². The fourth-order valence-corrected chi connectivity index (χ4v) is 1.34. The highest BCUT2D eigenvalue weighted by molar-refractivity contribution is 7.80. The first kappa shape index (κ1) is 8.97. The Kier molecular flexibility index (Phi) is 2.33. The van der Waals surface area contributed by atoms with Crippen molar-refractivity contribution in [3.8, 4) is 11.3 Å². The maximum Gasteiger partial charge on any atom is 0.161 e. The van der Waals surface area contributed by atoms with Crippen LogP contribution in [0.1, 0.15) is 5.76 Å². The zero-order valence-electron chi connectivity index (χ0n) is 7.44. The molecule has 2 aromatic rings. The molecule has 70 valence electrons. The summed E-state index contributed by atoms with van der Waals surface area (Å²) in [7, 11) is 0. The lowest BCUT2D eigenvalue weighted by atomic mass is 10.2. The van der Waals surface area contributed by atoms with Gasteiger partial charge in [-0.1, -0.05) is 42.5 Å². The quantitative estimate of drug-likeness (QED) is 0.762. The predicted octanol–water partition coefficient (Wildman–Crippen LogP) is 2.58. The zero-order valence-corrected chi connectivity index (χ0v) is 8.25. The average Bonchev–Trinajstić information content (AvgIpc) is 2.68. The Hall–Kier alpha value is -1.61. The van der Waals surface area contributed by atoms with Crippen LogP contribution >= 0.6 is 12.2 Å². The Balaban J connectivity index is 2.39. The fraction of sp³-hybridized carbons (Fsp3) is 0. The maximum absolute atomic E-state index is 5.46. The molecule has 0 spiro atoms. The predicted molar refractivity (Wildman–Crippen MR) is 60.0 cm³/mol. The molecule has 3 heteroatoms. The number of benzene rings is 1. The summed E-state index contributed by atoms with van der Waals surface area (Å²) in [5.41, 5.74) is 6.47. The first-order chi connectivity index (χ1) is 6.77. The molecule has 1 heterocycles. The minimum absolute atomic E-state index is 0.284. The summed E-state index contributed by atoms with van der Waals surface area (Å²) in [5.74, 6) is 1.34. The van der Waals surface area contributed by atoms with Crippen molar-refractivity contribution in [1.29, 1.82) is 0 Å². The van der Waals surface area contributed by atoms with Gasteiger partial charge >= 0.3 is 0 Å². The standard InChI is InChI=1S/C11H9NOS/c12-11(14)10-7-6-9(13-10)8-4-2-1-3-5-8/h1-7H,(H2,12,14). The number of hydrogen-bond acceptors (Lipinski definition) is 2. The highest BCUT2D eigenvalue weighted by Crippen LogP contribution is 2.21. The third kappa shape index (κ3) is 1.67. The lowest BCUT2D eigenvalue weighted by Crippen LogP contribution is -2.07. The van der Waals surface area contributed by atoms with Crippen molar-refractivity contribution in [3.05, 3.63) is 48.2 Å². The van der Waals surface area contributed by atoms with Crippen LogP contribution in [-0.4, -0.2) is 4.99 Å². The lowest BCUT2D eigenvalue weighted by Gasteiger charge is -1.95. The van der Waals surface area contributed by atoms with Crippen LogP contribution in [-0.2, 0) is 0 Å². The van der Waals surface area contributed by atoms with Crippen molar-refractivity contribution in [2.75, 3.05) is 0 Å². The second-order valence-electron chi connectivity index (χ2n) is 2.89. The monoisotopic (exact) mass is 203 g/mol. The van der Waals surface area contributed by atoms with Crippen LogP contribution < -0.4 is 5.73 Å². The van der Waals surface area contributed by atoms with Gasteiger partial charge in [0.15, 0.2) is 5.76 Å². The highest BCUT2D eigenvalue weighted by Gasteiger charge is 2.05. The molecule has 2 N–H and O–H groups in total. The topological polar surface area (TPSA) is 39.2 Å². The van der Waals surface area contributed by atoms with Gasteiger partial charge in [-0.05, 0) is 12.1 Å². The second-order valence-corrected chi connectivity index (χ2v) is 3.33. The van der Waals surface area contributed by atoms with Gasteiger partial charge in [-0.2, -0.15) is 0 Å². The van der Waals surface area contributed by atoms with Gasteiger partial charge in [0, 0.05) is 5.56 Å². The summed E-state index contributed by atoms with van der Waals surface area (Å²) in [4.78, 5) is 0.284. The van der Waals surface area contributed by atoms with Gasteiger partial charge in [0.2, 0.25) is 0 Å². The number of rotatable bonds is 2. The molecule has 14 heavy (non-hydrogen) atoms. The molecule has 0 aliphatic rings. The van der Waals surface area contributed by atoms with Crippen LogP contribution in [0, 0.1) is 0 Å². The normalized spacial score (nSPS) is 10.0. The van der Waals surface area contributed by atoms with Gasteiger partial charge in [0.1, 0.15) is 10.7 Å². The molecular weight excluding hydrogens is 194 g/mol. The summed E-state index contributed by atoms with van der Waals surface area (Å²) in [6.45, 7) is 0. The summed E-state index contributed by atoms with van der Waals surface area (Å²) >= 11 is 4.81. The maximum atomic E-state index is 5.46. The lowest BCUT2D eigenvalue weighted by molar-refractivity contribution is 0.573. The Bertz CT molecular complexity index is 447. The van der Waals surface area contributed by atoms with E-state index in [1.165, 1.54) is 0 Å². The fourth-order valence-electron chi connectivity index (χ4n) is 1.23. The van der Waals surface area contributed by atoms with Gasteiger partial charge in [-0.25, -0.2) is 0 Å². The van der Waals surface area contributed by atoms with E-state index in [1.54, 1.807) is 6.07 Å². The van der Waals surface area contributed by atoms with Gasteiger partial charge in [-0.15, -0.1) is 0 Å². The van der Waals surface area contributed by atoms with Crippen LogP contribution in [0.25, 0.3) is 11.3 Å². The zero-order chi connectivity index (χ0) is 9.97. The van der Waals surface area contributed by atoms with Crippen molar-refractivity contribution in [2.24, 2.45) is 5.73 Å². The number of nitrogens with two attached hydrogens (primary N) is 1. The molecule has 0 saturated heterocycles. The van der Waals surface area contributed by atoms with Crippen molar-refractivity contribution in [2.45, 2.75) is 0 Å². The molecule has 0 aliphatic carbocycles. The molecule has 0 fully saturated rings. The van der Waals surface area contributed by atoms with Gasteiger partial charge in [0.25, 0.3) is 0 Å². The molecule has 0 bridgehead atoms. The second kappa shape index (κ2) is 3.64. The van der Waals surface area contributed by atoms with Crippen LogP contribution in [0.2, 0.25) is 0 Å². The van der Waals surface area contributed by atoms with Gasteiger partial charge in [0.05, 0.1) is 0 Å². The number of furan rings is 1. The Labute approximate surface area is 87.3 Å². The molecule has 2 rings (SSSR count). The van der Waals surface area contributed by atoms with Crippen LogP contribution in [0.3, 0.4) is 0 Å². The van der Waals surface area contributed by atoms with Crippen molar-refractivity contribution < 1.29 is 4.42 Å². The molecule has 1 aromatic carbocycles. The van der Waals surface area contributed by atoms with Crippen molar-refractivity contribution >= 4 is 17.2 Å². The third-order valence-corrected chi connectivity index (χ3v) is 2.11. The van der Waals surface area contributed by atoms with E-state index in [9.17, 15) is 0 Å². The summed E-state index contributed by atoms with van der Waals surface area (Å²) in [6, 6.07) is 13.5. The summed E-state index contributed by atoms with van der Waals surface area (Å²) < 4.78 is 5.46. The Morgan fingerprint density at radius 2 is 1.79 bits per heavy atom. The highest BCUT2D eigenvalue weighted by atomic mass is 32.1. The smallest absolute Gasteiger partial charge is 0.161 e. The van der Waals surface area contributed by atoms with E-state index in [-0.39, 0.29) is 4.99 Å². The first-order valence-electron chi connectivity index (χ1n) is 4.22. The van der Waals surface area contributed by atoms with E-state index in [0.29, 0.717) is 5.76 Å². The molecule has 0 aliphatic heterocycles. The van der Waals surface area contributed by atoms with Crippen LogP contribution in [0.5, 0.6) is 0 Å². The van der Waals surface area contributed by atoms with Crippen LogP contribution in [0.4, 0.5) is 0 Å². The first-order valence-corrected chi connectivity index (χ1v) is 4.63. The Morgan fingerprint density at radius 1 is 1.07 bits per heavy atom. The summed E-state index contributed by atoms with van der Waals surface area (Å²) in [6.07, 6.45) is 0. The molecule has 0 radical (unpaired) electrons. The molecular formula is C11H9NOS. The number of thiocarbonyl (C=S) groups is 1. The number of hydrogen-bond donors (Lipinski definition) is 1. The average molecular weight is 203 g/mol. The van der Waals surface area contributed by atoms with E-state index >= 15 is 0 Å². The minimum Gasteiger partial charge on any atom is -0.454 e. The van der Waals surface area contributed by atoms with Gasteiger partial charge < -0.3 is 10.2 Å². The van der Waals surface area contributed by atoms with Crippen LogP contribution in [0.15, 0.2) is 46.9 Å². The van der Waals surface area contributed by atoms with E-state index in [4.69, 9.17) is 22.4 Å². The molecule has 0 atom stereocenters. The van der Waals surface area contributed by atoms with E-state index in [1.807, 2.05) is 36.4 Å². The van der Waals surface area contributed by atoms with Gasteiger partial charge in [-0.3, -0.25) is 0 Å². The SMILES string of the molecule is NC(=S)c1ccc(-c2ccccc2)o1. The molecule has 2 nitrogen and oxygen atoms in total. The van der Waals surface area contributed by atoms with Crippen molar-refractivity contribution in [1.82, 2.24) is 0 Å². The molecule has 1 aromatic heterocycles. The van der Waals surface area contributed by atoms with E-state index in [0.717, 1.165) is 11.3 Å². The minimum atomic E-state index is 0.284. The molecule has 0 saturated carbocycles. The molecule has 0 amide bonds. The third-order valence-electron chi connectivity index (χ3n) is 1.91. The van der Waals surface area contributed by atoms with Crippen molar-refractivity contribution in [3.63, 3.8) is 0 Å². The molecule has 0 unspecified atom stereocenters. The Morgan fingerprint density at radius 3 is 2.36 bits per heavy atom. The largest absolute Gasteiger partial charge is 0.454 e. The summed E-state index contributed by atoms with van der Waals surface area (Å²) in [5, 5.41) is 0.